The molecule has 1 aromatic carbocycles. The molecule has 1 aliphatic rings. The summed E-state index contributed by atoms with van der Waals surface area (Å²) in [5.41, 5.74) is 2.82. The van der Waals surface area contributed by atoms with Gasteiger partial charge >= 0.3 is 0 Å². The van der Waals surface area contributed by atoms with Crippen LogP contribution in [0.1, 0.15) is 38.9 Å². The molecule has 1 saturated heterocycles. The minimum atomic E-state index is -0.319. The highest BCUT2D eigenvalue weighted by Gasteiger charge is 2.27. The summed E-state index contributed by atoms with van der Waals surface area (Å²) in [7, 11) is 0. The molecule has 8 nitrogen and oxygen atoms in total. The van der Waals surface area contributed by atoms with Gasteiger partial charge in [-0.3, -0.25) is 9.59 Å². The average Bonchev–Trinajstić information content (AvgIpc) is 3.37. The zero-order valence-electron chi connectivity index (χ0n) is 17.6. The first-order valence-corrected chi connectivity index (χ1v) is 10.2. The number of aromatic nitrogens is 1. The monoisotopic (exact) mass is 423 g/mol. The van der Waals surface area contributed by atoms with Gasteiger partial charge in [-0.15, -0.1) is 0 Å². The molecule has 0 spiro atoms. The number of nitrogens with zero attached hydrogens (tertiary/aromatic N) is 2. The number of ether oxygens (including phenoxy) is 1. The van der Waals surface area contributed by atoms with E-state index >= 15 is 0 Å². The van der Waals surface area contributed by atoms with Crippen LogP contribution in [0.2, 0.25) is 0 Å². The van der Waals surface area contributed by atoms with Gasteiger partial charge in [-0.05, 0) is 31.5 Å². The van der Waals surface area contributed by atoms with Crippen LogP contribution in [0.3, 0.4) is 0 Å². The maximum absolute atomic E-state index is 12.5. The van der Waals surface area contributed by atoms with E-state index in [9.17, 15) is 9.59 Å². The minimum absolute atomic E-state index is 0.00963. The number of carbonyl (C=O) groups is 2. The van der Waals surface area contributed by atoms with E-state index in [2.05, 4.69) is 10.5 Å². The molecule has 162 valence electrons. The SMILES string of the molecule is Cc1noc(C)c1Cc1ccc(C(=O)NCC2CN(Cc3ccccc3)C(=O)CO2)o1. The van der Waals surface area contributed by atoms with E-state index in [4.69, 9.17) is 13.7 Å². The van der Waals surface area contributed by atoms with Crippen LogP contribution in [-0.2, 0) is 22.5 Å². The number of carbonyl (C=O) groups excluding carboxylic acids is 2. The van der Waals surface area contributed by atoms with Crippen molar-refractivity contribution in [1.29, 1.82) is 0 Å². The molecule has 0 radical (unpaired) electrons. The van der Waals surface area contributed by atoms with Crippen LogP contribution in [0.25, 0.3) is 0 Å². The van der Waals surface area contributed by atoms with Gasteiger partial charge in [0.15, 0.2) is 5.76 Å². The van der Waals surface area contributed by atoms with E-state index in [-0.39, 0.29) is 36.8 Å². The van der Waals surface area contributed by atoms with Crippen LogP contribution < -0.4 is 5.32 Å². The molecule has 1 atom stereocenters. The Balaban J connectivity index is 1.30. The second-order valence-electron chi connectivity index (χ2n) is 7.65. The summed E-state index contributed by atoms with van der Waals surface area (Å²) >= 11 is 0. The summed E-state index contributed by atoms with van der Waals surface area (Å²) in [5.74, 6) is 1.26. The Morgan fingerprint density at radius 2 is 2.00 bits per heavy atom. The van der Waals surface area contributed by atoms with Gasteiger partial charge in [0.1, 0.15) is 18.1 Å². The number of aryl methyl sites for hydroxylation is 2. The predicted molar refractivity (Wildman–Crippen MR) is 111 cm³/mol. The van der Waals surface area contributed by atoms with Crippen molar-refractivity contribution in [3.05, 3.63) is 76.6 Å². The third kappa shape index (κ3) is 5.03. The predicted octanol–water partition coefficient (Wildman–Crippen LogP) is 2.63. The number of benzene rings is 1. The molecule has 1 aliphatic heterocycles. The second-order valence-corrected chi connectivity index (χ2v) is 7.65. The zero-order chi connectivity index (χ0) is 21.8. The molecule has 1 fully saturated rings. The molecule has 31 heavy (non-hydrogen) atoms. The number of amides is 2. The van der Waals surface area contributed by atoms with Crippen LogP contribution in [-0.4, -0.2) is 47.7 Å². The van der Waals surface area contributed by atoms with Crippen LogP contribution in [0, 0.1) is 13.8 Å². The fraction of sp³-hybridized carbons (Fsp3) is 0.348. The molecular weight excluding hydrogens is 398 g/mol. The average molecular weight is 423 g/mol. The molecule has 1 unspecified atom stereocenters. The molecule has 0 saturated carbocycles. The highest BCUT2D eigenvalue weighted by Crippen LogP contribution is 2.19. The van der Waals surface area contributed by atoms with Gasteiger partial charge in [0.05, 0.1) is 11.8 Å². The highest BCUT2D eigenvalue weighted by molar-refractivity contribution is 5.91. The molecule has 8 heteroatoms. The largest absolute Gasteiger partial charge is 0.456 e. The van der Waals surface area contributed by atoms with E-state index in [1.165, 1.54) is 0 Å². The van der Waals surface area contributed by atoms with E-state index < -0.39 is 0 Å². The Hall–Kier alpha value is -3.39. The number of nitrogens with one attached hydrogen (secondary N) is 1. The van der Waals surface area contributed by atoms with Gasteiger partial charge in [-0.1, -0.05) is 35.5 Å². The lowest BCUT2D eigenvalue weighted by Crippen LogP contribution is -2.50. The van der Waals surface area contributed by atoms with E-state index in [0.717, 1.165) is 22.6 Å². The fourth-order valence-corrected chi connectivity index (χ4v) is 3.58. The van der Waals surface area contributed by atoms with Gasteiger partial charge < -0.3 is 23.9 Å². The van der Waals surface area contributed by atoms with Crippen LogP contribution in [0.15, 0.2) is 51.4 Å². The summed E-state index contributed by atoms with van der Waals surface area (Å²) in [6.07, 6.45) is 0.235. The summed E-state index contributed by atoms with van der Waals surface area (Å²) in [6.45, 7) is 4.97. The van der Waals surface area contributed by atoms with Gasteiger partial charge in [0, 0.05) is 31.6 Å². The second kappa shape index (κ2) is 9.18. The number of morpholine rings is 1. The normalized spacial score (nSPS) is 16.5. The Morgan fingerprint density at radius 3 is 2.74 bits per heavy atom. The number of rotatable bonds is 7. The number of hydrogen-bond acceptors (Lipinski definition) is 6. The molecule has 2 amide bonds. The summed E-state index contributed by atoms with van der Waals surface area (Å²) in [4.78, 5) is 26.4. The first-order valence-electron chi connectivity index (χ1n) is 10.2. The Labute approximate surface area is 180 Å². The van der Waals surface area contributed by atoms with E-state index in [1.54, 1.807) is 17.0 Å². The Morgan fingerprint density at radius 1 is 1.19 bits per heavy atom. The van der Waals surface area contributed by atoms with Crippen molar-refractivity contribution < 1.29 is 23.3 Å². The van der Waals surface area contributed by atoms with Crippen molar-refractivity contribution in [2.24, 2.45) is 0 Å². The molecule has 1 N–H and O–H groups in total. The van der Waals surface area contributed by atoms with Crippen molar-refractivity contribution >= 4 is 11.8 Å². The van der Waals surface area contributed by atoms with Crippen LogP contribution >= 0.6 is 0 Å². The number of hydrogen-bond donors (Lipinski definition) is 1. The molecule has 4 rings (SSSR count). The van der Waals surface area contributed by atoms with Gasteiger partial charge in [-0.2, -0.15) is 0 Å². The van der Waals surface area contributed by atoms with Crippen LogP contribution in [0.4, 0.5) is 0 Å². The Bertz CT molecular complexity index is 1040. The van der Waals surface area contributed by atoms with Gasteiger partial charge in [0.25, 0.3) is 5.91 Å². The number of furan rings is 1. The smallest absolute Gasteiger partial charge is 0.287 e. The molecule has 3 aromatic rings. The van der Waals surface area contributed by atoms with E-state index in [0.29, 0.717) is 25.3 Å². The van der Waals surface area contributed by atoms with Crippen molar-refractivity contribution in [2.75, 3.05) is 19.7 Å². The summed E-state index contributed by atoms with van der Waals surface area (Å²) in [6, 6.07) is 13.2. The quantitative estimate of drug-likeness (QED) is 0.627. The zero-order valence-corrected chi connectivity index (χ0v) is 17.6. The lowest BCUT2D eigenvalue weighted by Gasteiger charge is -2.32. The minimum Gasteiger partial charge on any atom is -0.456 e. The molecule has 2 aromatic heterocycles. The van der Waals surface area contributed by atoms with Crippen molar-refractivity contribution in [3.8, 4) is 0 Å². The third-order valence-electron chi connectivity index (χ3n) is 5.34. The fourth-order valence-electron chi connectivity index (χ4n) is 3.58. The van der Waals surface area contributed by atoms with Crippen molar-refractivity contribution in [3.63, 3.8) is 0 Å². The summed E-state index contributed by atoms with van der Waals surface area (Å²) in [5, 5.41) is 6.77. The van der Waals surface area contributed by atoms with Crippen LogP contribution in [0.5, 0.6) is 0 Å². The topological polar surface area (TPSA) is 97.8 Å². The first-order chi connectivity index (χ1) is 15.0. The first kappa shape index (κ1) is 20.9. The lowest BCUT2D eigenvalue weighted by molar-refractivity contribution is -0.149. The third-order valence-corrected chi connectivity index (χ3v) is 5.34. The van der Waals surface area contributed by atoms with Crippen molar-refractivity contribution in [2.45, 2.75) is 32.9 Å². The molecule has 0 bridgehead atoms. The standard InChI is InChI=1S/C23H25N3O5/c1-15-20(16(2)31-25-15)10-18-8-9-21(30-18)23(28)24-11-19-13-26(22(27)14-29-19)12-17-6-4-3-5-7-17/h3-9,19H,10-14H2,1-2H3,(H,24,28). The maximum atomic E-state index is 12.5. The molecular formula is C23H25N3O5. The lowest BCUT2D eigenvalue weighted by atomic mass is 10.1. The maximum Gasteiger partial charge on any atom is 0.287 e. The van der Waals surface area contributed by atoms with Gasteiger partial charge in [0.2, 0.25) is 5.91 Å². The molecule has 3 heterocycles. The van der Waals surface area contributed by atoms with Crippen molar-refractivity contribution in [1.82, 2.24) is 15.4 Å². The highest BCUT2D eigenvalue weighted by atomic mass is 16.5. The Kier molecular flexibility index (Phi) is 6.18. The van der Waals surface area contributed by atoms with E-state index in [1.807, 2.05) is 44.2 Å². The van der Waals surface area contributed by atoms with Gasteiger partial charge in [-0.25, -0.2) is 0 Å². The summed E-state index contributed by atoms with van der Waals surface area (Å²) < 4.78 is 16.5. The molecule has 0 aliphatic carbocycles.